The first kappa shape index (κ1) is 32.1. The number of aryl methyl sites for hydroxylation is 1. The zero-order valence-corrected chi connectivity index (χ0v) is 25.7. The number of nitrogens with two attached hydrogens (primary N) is 1. The van der Waals surface area contributed by atoms with Gasteiger partial charge in [-0.05, 0) is 69.9 Å². The van der Waals surface area contributed by atoms with Gasteiger partial charge in [-0.1, -0.05) is 51.3 Å². The van der Waals surface area contributed by atoms with E-state index >= 15 is 0 Å². The lowest BCUT2D eigenvalue weighted by Gasteiger charge is -2.29. The zero-order chi connectivity index (χ0) is 31.4. The molecule has 6 nitrogen and oxygen atoms in total. The van der Waals surface area contributed by atoms with E-state index in [0.717, 1.165) is 28.8 Å². The van der Waals surface area contributed by atoms with Crippen molar-refractivity contribution in [3.63, 3.8) is 0 Å². The van der Waals surface area contributed by atoms with Crippen LogP contribution in [-0.4, -0.2) is 28.6 Å². The lowest BCUT2D eigenvalue weighted by Crippen LogP contribution is -2.34. The van der Waals surface area contributed by atoms with Crippen LogP contribution in [0.3, 0.4) is 0 Å². The lowest BCUT2D eigenvalue weighted by atomic mass is 9.78. The predicted octanol–water partition coefficient (Wildman–Crippen LogP) is 7.24. The van der Waals surface area contributed by atoms with Crippen molar-refractivity contribution in [1.82, 2.24) is 0 Å². The van der Waals surface area contributed by atoms with Crippen molar-refractivity contribution in [2.45, 2.75) is 61.4 Å². The summed E-state index contributed by atoms with van der Waals surface area (Å²) in [6.07, 6.45) is 3.60. The molecule has 0 radical (unpaired) electrons. The van der Waals surface area contributed by atoms with Gasteiger partial charge in [-0.2, -0.15) is 4.58 Å². The Kier molecular flexibility index (Phi) is 9.67. The highest BCUT2D eigenvalue weighted by Crippen LogP contribution is 2.39. The fourth-order valence-electron chi connectivity index (χ4n) is 5.25. The van der Waals surface area contributed by atoms with E-state index in [-0.39, 0.29) is 17.4 Å². The molecule has 42 heavy (non-hydrogen) atoms. The Morgan fingerprint density at radius 2 is 1.71 bits per heavy atom. The number of benzene rings is 2. The maximum absolute atomic E-state index is 14.9. The highest BCUT2D eigenvalue weighted by Gasteiger charge is 2.39. The molecule has 1 unspecified atom stereocenters. The summed E-state index contributed by atoms with van der Waals surface area (Å²) in [5, 5.41) is 0. The van der Waals surface area contributed by atoms with Crippen LogP contribution >= 0.6 is 0 Å². The number of aldehydes is 2. The van der Waals surface area contributed by atoms with E-state index in [1.165, 1.54) is 6.26 Å². The van der Waals surface area contributed by atoms with Crippen LogP contribution in [0.1, 0.15) is 64.7 Å². The fraction of sp³-hybridized carbons (Fsp3) is 0.314. The molecule has 0 aromatic heterocycles. The summed E-state index contributed by atoms with van der Waals surface area (Å²) in [5.41, 5.74) is 10.9. The quantitative estimate of drug-likeness (QED) is 0.0904. The van der Waals surface area contributed by atoms with Crippen molar-refractivity contribution in [3.05, 3.63) is 113 Å². The summed E-state index contributed by atoms with van der Waals surface area (Å²) in [6, 6.07) is 13.2. The standard InChI is InChI=1S/C35H41FN3O3/c1-22(2)30(35(9,21-41)26(6)42-19-23(3)17-34(7,8)20-40)33(37)38-25(5)32-28-15-10-11-16-29(28)39(32)18-27-14-12-13-24(4)31(27)36/h10-16,19-21H,1,6,17-18,37H2,2-5,7-9H3/q+1/b23-19+,33-30+,38-25+. The van der Waals surface area contributed by atoms with Gasteiger partial charge in [0.15, 0.2) is 6.54 Å². The zero-order valence-electron chi connectivity index (χ0n) is 25.7. The van der Waals surface area contributed by atoms with Gasteiger partial charge in [0.25, 0.3) is 0 Å². The number of carbonyl (C=O) groups excluding carboxylic acids is 2. The third kappa shape index (κ3) is 6.56. The molecule has 0 bridgehead atoms. The number of allylic oxidation sites excluding steroid dienone is 3. The van der Waals surface area contributed by atoms with Crippen LogP contribution in [0, 0.1) is 23.6 Å². The van der Waals surface area contributed by atoms with E-state index in [9.17, 15) is 14.0 Å². The Bertz CT molecular complexity index is 1580. The van der Waals surface area contributed by atoms with Gasteiger partial charge in [0.2, 0.25) is 11.4 Å². The first-order valence-corrected chi connectivity index (χ1v) is 13.8. The van der Waals surface area contributed by atoms with Crippen LogP contribution in [0.5, 0.6) is 0 Å². The predicted molar refractivity (Wildman–Crippen MR) is 167 cm³/mol. The van der Waals surface area contributed by atoms with E-state index in [4.69, 9.17) is 15.5 Å². The molecular weight excluding hydrogens is 529 g/mol. The molecule has 1 heterocycles. The Hall–Kier alpha value is -4.39. The second kappa shape index (κ2) is 12.6. The molecular formula is C35H41FN3O3+. The number of rotatable bonds is 13. The van der Waals surface area contributed by atoms with Crippen molar-refractivity contribution < 1.29 is 23.3 Å². The number of hydrogen-bond donors (Lipinski definition) is 1. The maximum atomic E-state index is 14.9. The fourth-order valence-corrected chi connectivity index (χ4v) is 5.25. The minimum atomic E-state index is -1.36. The Labute approximate surface area is 248 Å². The first-order valence-electron chi connectivity index (χ1n) is 13.8. The number of halogens is 1. The van der Waals surface area contributed by atoms with Crippen molar-refractivity contribution in [3.8, 4) is 0 Å². The van der Waals surface area contributed by atoms with Gasteiger partial charge in [0, 0.05) is 17.1 Å². The van der Waals surface area contributed by atoms with Crippen molar-refractivity contribution >= 4 is 29.7 Å². The summed E-state index contributed by atoms with van der Waals surface area (Å²) < 4.78 is 22.8. The Morgan fingerprint density at radius 1 is 1.05 bits per heavy atom. The van der Waals surface area contributed by atoms with Gasteiger partial charge < -0.3 is 20.1 Å². The molecule has 0 fully saturated rings. The normalized spacial score (nSPS) is 15.6. The SMILES string of the molecule is C=C(C)/C(=C(N)\N=C(/C)C1=[N+](Cc2cccc(C)c2F)c2ccccc21)C(C)(C=O)C(=C)O/C=C(\C)CC(C)(C)C=O. The molecule has 3 rings (SSSR count). The van der Waals surface area contributed by atoms with E-state index in [1.807, 2.05) is 62.6 Å². The van der Waals surface area contributed by atoms with Crippen LogP contribution in [0.2, 0.25) is 0 Å². The molecule has 1 aliphatic rings. The van der Waals surface area contributed by atoms with Crippen LogP contribution in [-0.2, 0) is 20.9 Å². The summed E-state index contributed by atoms with van der Waals surface area (Å²) in [4.78, 5) is 28.6. The summed E-state index contributed by atoms with van der Waals surface area (Å²) in [7, 11) is 0. The molecule has 0 aliphatic carbocycles. The number of hydrogen-bond acceptors (Lipinski definition) is 5. The minimum Gasteiger partial charge on any atom is -0.469 e. The Balaban J connectivity index is 2.04. The molecule has 2 aromatic rings. The maximum Gasteiger partial charge on any atom is 0.241 e. The molecule has 0 amide bonds. The molecule has 0 saturated carbocycles. The second-order valence-corrected chi connectivity index (χ2v) is 11.8. The Morgan fingerprint density at radius 3 is 2.33 bits per heavy atom. The second-order valence-electron chi connectivity index (χ2n) is 11.8. The van der Waals surface area contributed by atoms with Gasteiger partial charge in [0.1, 0.15) is 46.7 Å². The minimum absolute atomic E-state index is 0.0979. The molecule has 2 aromatic carbocycles. The van der Waals surface area contributed by atoms with Crippen LogP contribution in [0.15, 0.2) is 95.2 Å². The number of ether oxygens (including phenoxy) is 1. The smallest absolute Gasteiger partial charge is 0.241 e. The van der Waals surface area contributed by atoms with E-state index < -0.39 is 10.8 Å². The summed E-state index contributed by atoms with van der Waals surface area (Å²) >= 11 is 0. The van der Waals surface area contributed by atoms with E-state index in [0.29, 0.717) is 47.2 Å². The molecule has 1 aliphatic heterocycles. The molecule has 1 atom stereocenters. The third-order valence-electron chi connectivity index (χ3n) is 7.42. The molecule has 0 spiro atoms. The highest BCUT2D eigenvalue weighted by atomic mass is 19.1. The van der Waals surface area contributed by atoms with Crippen molar-refractivity contribution in [1.29, 1.82) is 0 Å². The number of fused-ring (bicyclic) bond motifs is 1. The van der Waals surface area contributed by atoms with Crippen LogP contribution < -0.4 is 5.73 Å². The monoisotopic (exact) mass is 570 g/mol. The number of nitrogens with zero attached hydrogens (tertiary/aromatic N) is 2. The van der Waals surface area contributed by atoms with Crippen molar-refractivity contribution in [2.24, 2.45) is 21.6 Å². The topological polar surface area (TPSA) is 84.8 Å². The summed E-state index contributed by atoms with van der Waals surface area (Å²) in [5.74, 6) is 0.00697. The van der Waals surface area contributed by atoms with Gasteiger partial charge in [-0.15, -0.1) is 0 Å². The van der Waals surface area contributed by atoms with Crippen LogP contribution in [0.25, 0.3) is 0 Å². The van der Waals surface area contributed by atoms with Gasteiger partial charge in [0.05, 0.1) is 11.8 Å². The molecule has 7 heteroatoms. The number of para-hydroxylation sites is 1. The largest absolute Gasteiger partial charge is 0.469 e. The van der Waals surface area contributed by atoms with E-state index in [2.05, 4.69) is 13.2 Å². The molecule has 220 valence electrons. The highest BCUT2D eigenvalue weighted by molar-refractivity contribution is 6.48. The third-order valence-corrected chi connectivity index (χ3v) is 7.42. The van der Waals surface area contributed by atoms with E-state index in [1.54, 1.807) is 32.9 Å². The average Bonchev–Trinajstić information content (AvgIpc) is 2.92. The first-order chi connectivity index (χ1) is 19.7. The number of carbonyl (C=O) groups is 2. The van der Waals surface area contributed by atoms with Gasteiger partial charge in [-0.25, -0.2) is 9.38 Å². The van der Waals surface area contributed by atoms with Crippen LogP contribution in [0.4, 0.5) is 10.1 Å². The van der Waals surface area contributed by atoms with Crippen molar-refractivity contribution in [2.75, 3.05) is 0 Å². The molecule has 0 saturated heterocycles. The van der Waals surface area contributed by atoms with Gasteiger partial charge >= 0.3 is 0 Å². The lowest BCUT2D eigenvalue weighted by molar-refractivity contribution is -0.468. The summed E-state index contributed by atoms with van der Waals surface area (Å²) in [6.45, 7) is 20.9. The molecule has 2 N–H and O–H groups in total. The van der Waals surface area contributed by atoms with Gasteiger partial charge in [-0.3, -0.25) is 0 Å². The average molecular weight is 571 g/mol. The number of aliphatic imine (C=N–C) groups is 1.